The van der Waals surface area contributed by atoms with Gasteiger partial charge in [-0.15, -0.1) is 10.2 Å². The van der Waals surface area contributed by atoms with Gasteiger partial charge in [0, 0.05) is 29.1 Å². The predicted octanol–water partition coefficient (Wildman–Crippen LogP) is 3.47. The van der Waals surface area contributed by atoms with E-state index in [1.807, 2.05) is 60.7 Å². The second-order valence-corrected chi connectivity index (χ2v) is 6.72. The largest absolute Gasteiger partial charge is 0.419 e. The first kappa shape index (κ1) is 18.6. The summed E-state index contributed by atoms with van der Waals surface area (Å²) in [5, 5.41) is 12.7. The Kier molecular flexibility index (Phi) is 4.86. The van der Waals surface area contributed by atoms with Crippen LogP contribution in [0.1, 0.15) is 5.89 Å². The van der Waals surface area contributed by atoms with Crippen molar-refractivity contribution in [3.05, 3.63) is 102 Å². The van der Waals surface area contributed by atoms with E-state index in [0.29, 0.717) is 17.3 Å². The van der Waals surface area contributed by atoms with Crippen LogP contribution in [0.15, 0.2) is 94.4 Å². The lowest BCUT2D eigenvalue weighted by Gasteiger charge is -2.10. The van der Waals surface area contributed by atoms with Gasteiger partial charge in [-0.05, 0) is 12.1 Å². The number of pyridine rings is 1. The molecule has 5 rings (SSSR count). The Morgan fingerprint density at radius 3 is 2.06 bits per heavy atom. The summed E-state index contributed by atoms with van der Waals surface area (Å²) >= 11 is 0. The molecule has 0 N–H and O–H groups in total. The number of aromatic nitrogens is 6. The summed E-state index contributed by atoms with van der Waals surface area (Å²) in [6, 6.07) is 22.7. The van der Waals surface area contributed by atoms with Gasteiger partial charge < -0.3 is 4.42 Å². The highest BCUT2D eigenvalue weighted by molar-refractivity contribution is 5.77. The minimum atomic E-state index is -0.498. The monoisotopic (exact) mass is 408 g/mol. The second-order valence-electron chi connectivity index (χ2n) is 6.72. The molecule has 3 heterocycles. The fraction of sp³-hybridized carbons (Fsp3) is 0.0435. The fourth-order valence-electron chi connectivity index (χ4n) is 3.16. The molecule has 8 heteroatoms. The minimum absolute atomic E-state index is 0.0127. The van der Waals surface area contributed by atoms with E-state index >= 15 is 0 Å². The third-order valence-corrected chi connectivity index (χ3v) is 4.65. The van der Waals surface area contributed by atoms with Crippen LogP contribution in [0.25, 0.3) is 34.0 Å². The molecule has 0 aliphatic heterocycles. The zero-order valence-electron chi connectivity index (χ0n) is 16.3. The minimum Gasteiger partial charge on any atom is -0.419 e. The molecular formula is C23H16N6O2. The molecule has 0 bridgehead atoms. The molecule has 150 valence electrons. The van der Waals surface area contributed by atoms with Crippen LogP contribution < -0.4 is 5.69 Å². The number of hydrogen-bond acceptors (Lipinski definition) is 7. The molecule has 0 spiro atoms. The van der Waals surface area contributed by atoms with Crippen molar-refractivity contribution in [1.29, 1.82) is 0 Å². The van der Waals surface area contributed by atoms with Crippen molar-refractivity contribution < 1.29 is 4.42 Å². The van der Waals surface area contributed by atoms with E-state index in [1.165, 1.54) is 4.68 Å². The number of benzene rings is 2. The molecule has 0 atom stereocenters. The van der Waals surface area contributed by atoms with Gasteiger partial charge in [0.1, 0.15) is 17.9 Å². The molecule has 0 fully saturated rings. The van der Waals surface area contributed by atoms with Gasteiger partial charge in [-0.25, -0.2) is 9.48 Å². The summed E-state index contributed by atoms with van der Waals surface area (Å²) in [5.74, 6) is 0.609. The van der Waals surface area contributed by atoms with Crippen molar-refractivity contribution in [2.24, 2.45) is 0 Å². The normalized spacial score (nSPS) is 10.8. The van der Waals surface area contributed by atoms with Gasteiger partial charge in [-0.2, -0.15) is 10.1 Å². The Labute approximate surface area is 176 Å². The van der Waals surface area contributed by atoms with Crippen LogP contribution in [0, 0.1) is 0 Å². The summed E-state index contributed by atoms with van der Waals surface area (Å²) in [6.07, 6.45) is 3.28. The van der Waals surface area contributed by atoms with Crippen LogP contribution in [-0.2, 0) is 6.54 Å². The molecule has 31 heavy (non-hydrogen) atoms. The van der Waals surface area contributed by atoms with Gasteiger partial charge >= 0.3 is 5.69 Å². The Balaban J connectivity index is 1.56. The fourth-order valence-corrected chi connectivity index (χ4v) is 3.16. The van der Waals surface area contributed by atoms with Crippen molar-refractivity contribution in [3.8, 4) is 34.0 Å². The van der Waals surface area contributed by atoms with Gasteiger partial charge in [0.25, 0.3) is 0 Å². The van der Waals surface area contributed by atoms with E-state index in [0.717, 1.165) is 16.7 Å². The molecule has 0 aliphatic carbocycles. The highest BCUT2D eigenvalue weighted by Crippen LogP contribution is 2.27. The molecule has 3 aromatic heterocycles. The Morgan fingerprint density at radius 2 is 1.39 bits per heavy atom. The lowest BCUT2D eigenvalue weighted by Crippen LogP contribution is -2.27. The summed E-state index contributed by atoms with van der Waals surface area (Å²) < 4.78 is 6.95. The predicted molar refractivity (Wildman–Crippen MR) is 114 cm³/mol. The van der Waals surface area contributed by atoms with Crippen molar-refractivity contribution in [3.63, 3.8) is 0 Å². The lowest BCUT2D eigenvalue weighted by atomic mass is 10.0. The van der Waals surface area contributed by atoms with Gasteiger partial charge in [0.15, 0.2) is 0 Å². The van der Waals surface area contributed by atoms with E-state index in [4.69, 9.17) is 4.42 Å². The van der Waals surface area contributed by atoms with Crippen molar-refractivity contribution in [2.45, 2.75) is 6.54 Å². The molecule has 0 saturated heterocycles. The number of rotatable bonds is 5. The maximum absolute atomic E-state index is 12.8. The summed E-state index contributed by atoms with van der Waals surface area (Å²) in [7, 11) is 0. The molecule has 0 radical (unpaired) electrons. The summed E-state index contributed by atoms with van der Waals surface area (Å²) in [5.41, 5.74) is 3.04. The highest BCUT2D eigenvalue weighted by Gasteiger charge is 2.16. The van der Waals surface area contributed by atoms with Crippen LogP contribution in [-0.4, -0.2) is 29.9 Å². The van der Waals surface area contributed by atoms with Gasteiger partial charge in [0.05, 0.1) is 0 Å². The summed E-state index contributed by atoms with van der Waals surface area (Å²) in [6.45, 7) is 0.0127. The molecular weight excluding hydrogens is 392 g/mol. The van der Waals surface area contributed by atoms with Gasteiger partial charge in [-0.3, -0.25) is 4.98 Å². The lowest BCUT2D eigenvalue weighted by molar-refractivity contribution is 0.462. The summed E-state index contributed by atoms with van der Waals surface area (Å²) in [4.78, 5) is 21.1. The van der Waals surface area contributed by atoms with E-state index in [9.17, 15) is 4.79 Å². The molecule has 2 aromatic carbocycles. The molecule has 5 aromatic rings. The average Bonchev–Trinajstić information content (AvgIpc) is 3.30. The third-order valence-electron chi connectivity index (χ3n) is 4.65. The molecule has 0 saturated carbocycles. The second kappa shape index (κ2) is 8.11. The van der Waals surface area contributed by atoms with Crippen molar-refractivity contribution in [1.82, 2.24) is 29.9 Å². The highest BCUT2D eigenvalue weighted by atomic mass is 16.4. The van der Waals surface area contributed by atoms with Gasteiger partial charge in [-0.1, -0.05) is 60.7 Å². The maximum Gasteiger partial charge on any atom is 0.365 e. The van der Waals surface area contributed by atoms with Crippen molar-refractivity contribution in [2.75, 3.05) is 0 Å². The van der Waals surface area contributed by atoms with E-state index in [-0.39, 0.29) is 12.4 Å². The van der Waals surface area contributed by atoms with Gasteiger partial charge in [0.2, 0.25) is 11.8 Å². The van der Waals surface area contributed by atoms with E-state index in [1.54, 1.807) is 24.5 Å². The smallest absolute Gasteiger partial charge is 0.365 e. The number of hydrogen-bond donors (Lipinski definition) is 0. The topological polar surface area (TPSA) is 99.6 Å². The Bertz CT molecular complexity index is 1370. The SMILES string of the molecule is O=c1nc(-c2ccccc2)c(-c2ccccc2)nn1Cc1nnc(-c2ccncc2)o1. The molecule has 0 amide bonds. The first-order valence-corrected chi connectivity index (χ1v) is 9.61. The first-order valence-electron chi connectivity index (χ1n) is 9.61. The quantitative estimate of drug-likeness (QED) is 0.439. The molecule has 0 unspecified atom stereocenters. The Hall–Kier alpha value is -4.46. The van der Waals surface area contributed by atoms with Crippen LogP contribution in [0.2, 0.25) is 0 Å². The Morgan fingerprint density at radius 1 is 0.742 bits per heavy atom. The zero-order chi connectivity index (χ0) is 21.0. The van der Waals surface area contributed by atoms with Crippen LogP contribution in [0.4, 0.5) is 0 Å². The van der Waals surface area contributed by atoms with Crippen molar-refractivity contribution >= 4 is 0 Å². The number of nitrogens with zero attached hydrogens (tertiary/aromatic N) is 6. The van der Waals surface area contributed by atoms with E-state index in [2.05, 4.69) is 25.3 Å². The maximum atomic E-state index is 12.8. The zero-order valence-corrected chi connectivity index (χ0v) is 16.3. The van der Waals surface area contributed by atoms with Crippen LogP contribution in [0.3, 0.4) is 0 Å². The standard InChI is InChI=1S/C23H16N6O2/c30-23-25-20(16-7-3-1-4-8-16)21(17-9-5-2-6-10-17)28-29(23)15-19-26-27-22(31-19)18-11-13-24-14-12-18/h1-14H,15H2. The molecule has 0 aliphatic rings. The first-order chi connectivity index (χ1) is 15.3. The third kappa shape index (κ3) is 3.86. The van der Waals surface area contributed by atoms with E-state index < -0.39 is 5.69 Å². The van der Waals surface area contributed by atoms with Crippen LogP contribution in [0.5, 0.6) is 0 Å². The average molecular weight is 408 g/mol. The molecule has 8 nitrogen and oxygen atoms in total. The van der Waals surface area contributed by atoms with Crippen LogP contribution >= 0.6 is 0 Å².